The number of unbranched alkanes of at least 4 members (excludes halogenated alkanes) is 1. The quantitative estimate of drug-likeness (QED) is 0.429. The van der Waals surface area contributed by atoms with Gasteiger partial charge in [0.25, 0.3) is 0 Å². The Labute approximate surface area is 109 Å². The molecule has 0 aliphatic rings. The van der Waals surface area contributed by atoms with Crippen molar-refractivity contribution in [2.45, 2.75) is 40.5 Å². The fraction of sp³-hybridized carbons (Fsp3) is 0.833. The summed E-state index contributed by atoms with van der Waals surface area (Å²) in [5.74, 6) is -0.477. The topological polar surface area (TPSA) is 26.3 Å². The summed E-state index contributed by atoms with van der Waals surface area (Å²) >= 11 is 6.70. The van der Waals surface area contributed by atoms with Crippen molar-refractivity contribution in [1.82, 2.24) is 0 Å². The Kier molecular flexibility index (Phi) is 7.24. The molecule has 0 radical (unpaired) electrons. The zero-order valence-corrected chi connectivity index (χ0v) is 12.5. The Bertz CT molecular complexity index is 244. The molecule has 0 aliphatic carbocycles. The molecule has 0 amide bonds. The van der Waals surface area contributed by atoms with Gasteiger partial charge in [-0.2, -0.15) is 0 Å². The Hall–Kier alpha value is -0.0900. The number of rotatable bonds is 5. The van der Waals surface area contributed by atoms with Crippen LogP contribution in [-0.2, 0) is 9.53 Å². The van der Waals surface area contributed by atoms with Crippen LogP contribution in [0, 0.1) is 11.3 Å². The summed E-state index contributed by atoms with van der Waals surface area (Å²) in [6, 6.07) is 0. The molecule has 0 aromatic heterocycles. The van der Waals surface area contributed by atoms with Gasteiger partial charge in [-0.1, -0.05) is 46.3 Å². The normalized spacial score (nSPS) is 13.3. The van der Waals surface area contributed by atoms with Crippen molar-refractivity contribution >= 4 is 34.1 Å². The first-order chi connectivity index (χ1) is 7.34. The Morgan fingerprint density at radius 2 is 2.00 bits per heavy atom. The number of ether oxygens (including phenoxy) is 1. The maximum absolute atomic E-state index is 11.9. The molecule has 0 N–H and O–H groups in total. The van der Waals surface area contributed by atoms with E-state index in [9.17, 15) is 4.79 Å². The van der Waals surface area contributed by atoms with Crippen molar-refractivity contribution in [1.29, 1.82) is 0 Å². The molecule has 1 atom stereocenters. The summed E-state index contributed by atoms with van der Waals surface area (Å²) in [6.07, 6.45) is 3.84. The molecule has 0 spiro atoms. The lowest BCUT2D eigenvalue weighted by molar-refractivity contribution is -0.148. The molecular weight excluding hydrogens is 240 g/mol. The molecule has 0 aromatic carbocycles. The van der Waals surface area contributed by atoms with Crippen LogP contribution in [0.4, 0.5) is 0 Å². The second-order valence-corrected chi connectivity index (χ2v) is 6.39. The number of carbonyl (C=O) groups excluding carboxylic acids is 1. The van der Waals surface area contributed by atoms with Gasteiger partial charge >= 0.3 is 5.97 Å². The summed E-state index contributed by atoms with van der Waals surface area (Å²) in [7, 11) is 0. The Morgan fingerprint density at radius 1 is 1.44 bits per heavy atom. The van der Waals surface area contributed by atoms with E-state index in [2.05, 4.69) is 6.92 Å². The van der Waals surface area contributed by atoms with Crippen molar-refractivity contribution < 1.29 is 9.53 Å². The highest BCUT2D eigenvalue weighted by molar-refractivity contribution is 8.22. The van der Waals surface area contributed by atoms with Gasteiger partial charge in [-0.25, -0.2) is 0 Å². The highest BCUT2D eigenvalue weighted by Crippen LogP contribution is 2.31. The average molecular weight is 262 g/mol. The van der Waals surface area contributed by atoms with E-state index in [4.69, 9.17) is 17.0 Å². The van der Waals surface area contributed by atoms with Gasteiger partial charge < -0.3 is 4.74 Å². The zero-order valence-electron chi connectivity index (χ0n) is 10.8. The monoisotopic (exact) mass is 262 g/mol. The number of hydrogen-bond donors (Lipinski definition) is 0. The lowest BCUT2D eigenvalue weighted by Gasteiger charge is -2.28. The van der Waals surface area contributed by atoms with Gasteiger partial charge in [-0.3, -0.25) is 4.79 Å². The largest absolute Gasteiger partial charge is 0.465 e. The minimum atomic E-state index is -0.297. The predicted octanol–water partition coefficient (Wildman–Crippen LogP) is 3.68. The van der Waals surface area contributed by atoms with E-state index in [0.717, 1.165) is 12.8 Å². The lowest BCUT2D eigenvalue weighted by Crippen LogP contribution is -2.34. The molecule has 0 aliphatic heterocycles. The summed E-state index contributed by atoms with van der Waals surface area (Å²) in [5.41, 5.74) is -0.177. The van der Waals surface area contributed by atoms with Gasteiger partial charge in [0.2, 0.25) is 0 Å². The van der Waals surface area contributed by atoms with Crippen molar-refractivity contribution in [3.05, 3.63) is 0 Å². The standard InChI is InChI=1S/C12H22O2S2/c1-6-7-8-14-10(13)9(11(15)16-5)12(2,3)4/h9H,6-8H2,1-5H3. The smallest absolute Gasteiger partial charge is 0.315 e. The second-order valence-electron chi connectivity index (χ2n) is 4.84. The van der Waals surface area contributed by atoms with Crippen molar-refractivity contribution in [2.24, 2.45) is 11.3 Å². The van der Waals surface area contributed by atoms with Crippen LogP contribution in [0.25, 0.3) is 0 Å². The van der Waals surface area contributed by atoms with E-state index < -0.39 is 0 Å². The maximum atomic E-state index is 11.9. The van der Waals surface area contributed by atoms with E-state index in [-0.39, 0.29) is 17.3 Å². The molecule has 0 saturated heterocycles. The lowest BCUT2D eigenvalue weighted by atomic mass is 9.82. The van der Waals surface area contributed by atoms with E-state index in [1.807, 2.05) is 27.0 Å². The highest BCUT2D eigenvalue weighted by Gasteiger charge is 2.35. The van der Waals surface area contributed by atoms with E-state index in [1.165, 1.54) is 11.8 Å². The first-order valence-corrected chi connectivity index (χ1v) is 7.22. The summed E-state index contributed by atoms with van der Waals surface area (Å²) in [5, 5.41) is 0. The summed E-state index contributed by atoms with van der Waals surface area (Å²) < 4.78 is 5.97. The van der Waals surface area contributed by atoms with Crippen LogP contribution in [0.2, 0.25) is 0 Å². The molecule has 0 heterocycles. The molecule has 0 aromatic rings. The molecule has 4 heteroatoms. The first-order valence-electron chi connectivity index (χ1n) is 5.59. The molecule has 0 saturated carbocycles. The van der Waals surface area contributed by atoms with Crippen molar-refractivity contribution in [3.63, 3.8) is 0 Å². The fourth-order valence-corrected chi connectivity index (χ4v) is 2.46. The first kappa shape index (κ1) is 15.9. The number of carbonyl (C=O) groups is 1. The third kappa shape index (κ3) is 5.30. The predicted molar refractivity (Wildman–Crippen MR) is 74.9 cm³/mol. The van der Waals surface area contributed by atoms with Gasteiger partial charge in [-0.05, 0) is 18.1 Å². The minimum absolute atomic E-state index is 0.177. The maximum Gasteiger partial charge on any atom is 0.315 e. The molecule has 2 nitrogen and oxygen atoms in total. The van der Waals surface area contributed by atoms with E-state index in [0.29, 0.717) is 10.8 Å². The molecular formula is C12H22O2S2. The van der Waals surface area contributed by atoms with Crippen molar-refractivity contribution in [3.8, 4) is 0 Å². The zero-order chi connectivity index (χ0) is 12.8. The van der Waals surface area contributed by atoms with Crippen LogP contribution >= 0.6 is 24.0 Å². The number of esters is 1. The van der Waals surface area contributed by atoms with Crippen LogP contribution in [0.15, 0.2) is 0 Å². The summed E-state index contributed by atoms with van der Waals surface area (Å²) in [6.45, 7) is 8.62. The van der Waals surface area contributed by atoms with Gasteiger partial charge in [-0.15, -0.1) is 11.8 Å². The molecule has 0 rings (SSSR count). The third-order valence-corrected chi connectivity index (χ3v) is 3.65. The SMILES string of the molecule is CCCCOC(=O)C(C(=S)SC)C(C)(C)C. The highest BCUT2D eigenvalue weighted by atomic mass is 32.2. The van der Waals surface area contributed by atoms with Gasteiger partial charge in [0.1, 0.15) is 5.92 Å². The molecule has 16 heavy (non-hydrogen) atoms. The van der Waals surface area contributed by atoms with Crippen molar-refractivity contribution in [2.75, 3.05) is 12.9 Å². The average Bonchev–Trinajstić information content (AvgIpc) is 2.16. The van der Waals surface area contributed by atoms with E-state index in [1.54, 1.807) is 0 Å². The minimum Gasteiger partial charge on any atom is -0.465 e. The third-order valence-electron chi connectivity index (χ3n) is 2.28. The van der Waals surface area contributed by atoms with Crippen LogP contribution < -0.4 is 0 Å². The number of hydrogen-bond acceptors (Lipinski definition) is 4. The van der Waals surface area contributed by atoms with Crippen LogP contribution in [-0.4, -0.2) is 23.0 Å². The molecule has 94 valence electrons. The Morgan fingerprint density at radius 3 is 2.38 bits per heavy atom. The Balaban J connectivity index is 4.53. The molecule has 0 bridgehead atoms. The molecule has 1 unspecified atom stereocenters. The second kappa shape index (κ2) is 7.28. The van der Waals surface area contributed by atoms with E-state index >= 15 is 0 Å². The van der Waals surface area contributed by atoms with Gasteiger partial charge in [0.15, 0.2) is 0 Å². The van der Waals surface area contributed by atoms with Crippen LogP contribution in [0.1, 0.15) is 40.5 Å². The fourth-order valence-electron chi connectivity index (χ4n) is 1.32. The number of thioether (sulfide) groups is 1. The molecule has 0 fully saturated rings. The van der Waals surface area contributed by atoms with Gasteiger partial charge in [0, 0.05) is 0 Å². The number of thiocarbonyl (C=S) groups is 1. The van der Waals surface area contributed by atoms with Crippen LogP contribution in [0.3, 0.4) is 0 Å². The summed E-state index contributed by atoms with van der Waals surface area (Å²) in [4.78, 5) is 11.9. The van der Waals surface area contributed by atoms with Crippen LogP contribution in [0.5, 0.6) is 0 Å². The van der Waals surface area contributed by atoms with Gasteiger partial charge in [0.05, 0.1) is 10.8 Å².